The SMILES string of the molecule is Cn1cc(-c2nc(N3CC4CNCC4C3)nc3nc[nH]c23)cn1. The largest absolute Gasteiger partial charge is 0.341 e. The number of nitrogens with one attached hydrogen (secondary N) is 2. The summed E-state index contributed by atoms with van der Waals surface area (Å²) in [5, 5.41) is 7.72. The molecule has 0 aromatic carbocycles. The van der Waals surface area contributed by atoms with Gasteiger partial charge in [-0.3, -0.25) is 4.68 Å². The van der Waals surface area contributed by atoms with Gasteiger partial charge in [-0.15, -0.1) is 0 Å². The van der Waals surface area contributed by atoms with Crippen molar-refractivity contribution in [2.24, 2.45) is 18.9 Å². The van der Waals surface area contributed by atoms with Gasteiger partial charge in [-0.05, 0) is 11.8 Å². The van der Waals surface area contributed by atoms with Gasteiger partial charge < -0.3 is 15.2 Å². The number of imidazole rings is 1. The van der Waals surface area contributed by atoms with Gasteiger partial charge in [0.2, 0.25) is 5.95 Å². The standard InChI is InChI=1S/C15H18N8/c1-22-5-11(4-19-22)12-13-14(18-8-17-13)21-15(20-12)23-6-9-2-16-3-10(9)7-23/h4-5,8-10,16H,2-3,6-7H2,1H3,(H,17,18,20,21). The lowest BCUT2D eigenvalue weighted by Gasteiger charge is -2.17. The quantitative estimate of drug-likeness (QED) is 0.713. The second-order valence-corrected chi connectivity index (χ2v) is 6.46. The van der Waals surface area contributed by atoms with E-state index in [1.165, 1.54) is 0 Å². The van der Waals surface area contributed by atoms with Crippen molar-refractivity contribution in [1.82, 2.24) is 35.0 Å². The molecule has 23 heavy (non-hydrogen) atoms. The van der Waals surface area contributed by atoms with E-state index in [9.17, 15) is 0 Å². The lowest BCUT2D eigenvalue weighted by molar-refractivity contribution is 0.533. The first-order chi connectivity index (χ1) is 11.3. The summed E-state index contributed by atoms with van der Waals surface area (Å²) in [6.45, 7) is 4.22. The van der Waals surface area contributed by atoms with Crippen LogP contribution in [0.3, 0.4) is 0 Å². The first-order valence-corrected chi connectivity index (χ1v) is 7.94. The van der Waals surface area contributed by atoms with Crippen molar-refractivity contribution < 1.29 is 0 Å². The van der Waals surface area contributed by atoms with Crippen molar-refractivity contribution in [2.45, 2.75) is 0 Å². The Morgan fingerprint density at radius 2 is 2.00 bits per heavy atom. The summed E-state index contributed by atoms with van der Waals surface area (Å²) in [5.74, 6) is 2.18. The van der Waals surface area contributed by atoms with E-state index in [0.29, 0.717) is 17.5 Å². The topological polar surface area (TPSA) is 87.5 Å². The minimum atomic E-state index is 0.704. The summed E-state index contributed by atoms with van der Waals surface area (Å²) in [4.78, 5) is 19.3. The van der Waals surface area contributed by atoms with E-state index in [1.807, 2.05) is 19.4 Å². The predicted octanol–water partition coefficient (Wildman–Crippen LogP) is 0.409. The summed E-state index contributed by atoms with van der Waals surface area (Å²) in [6, 6.07) is 0. The van der Waals surface area contributed by atoms with Crippen LogP contribution in [0.15, 0.2) is 18.7 Å². The Hall–Kier alpha value is -2.48. The van der Waals surface area contributed by atoms with Crippen LogP contribution in [0.4, 0.5) is 5.95 Å². The van der Waals surface area contributed by atoms with E-state index in [0.717, 1.165) is 48.9 Å². The second kappa shape index (κ2) is 4.76. The zero-order chi connectivity index (χ0) is 15.4. The number of anilines is 1. The number of nitrogens with zero attached hydrogens (tertiary/aromatic N) is 6. The van der Waals surface area contributed by atoms with Crippen LogP contribution in [0.25, 0.3) is 22.4 Å². The average Bonchev–Trinajstić information content (AvgIpc) is 3.29. The molecule has 3 aromatic rings. The van der Waals surface area contributed by atoms with Crippen LogP contribution in [0, 0.1) is 11.8 Å². The zero-order valence-electron chi connectivity index (χ0n) is 12.9. The molecule has 2 fully saturated rings. The number of aryl methyl sites for hydroxylation is 1. The second-order valence-electron chi connectivity index (χ2n) is 6.46. The maximum absolute atomic E-state index is 4.84. The third-order valence-corrected chi connectivity index (χ3v) is 4.92. The third kappa shape index (κ3) is 2.02. The molecule has 0 bridgehead atoms. The molecule has 2 atom stereocenters. The van der Waals surface area contributed by atoms with Gasteiger partial charge in [-0.25, -0.2) is 9.97 Å². The van der Waals surface area contributed by atoms with Crippen molar-refractivity contribution in [3.63, 3.8) is 0 Å². The van der Waals surface area contributed by atoms with Crippen LogP contribution in [0.5, 0.6) is 0 Å². The van der Waals surface area contributed by atoms with Gasteiger partial charge in [0.25, 0.3) is 0 Å². The molecule has 118 valence electrons. The minimum absolute atomic E-state index is 0.704. The van der Waals surface area contributed by atoms with Gasteiger partial charge in [-0.1, -0.05) is 0 Å². The van der Waals surface area contributed by atoms with Gasteiger partial charge >= 0.3 is 0 Å². The molecular weight excluding hydrogens is 292 g/mol. The molecule has 2 unspecified atom stereocenters. The highest BCUT2D eigenvalue weighted by atomic mass is 15.3. The molecule has 0 radical (unpaired) electrons. The van der Waals surface area contributed by atoms with Gasteiger partial charge in [0.05, 0.1) is 12.5 Å². The molecule has 5 heterocycles. The van der Waals surface area contributed by atoms with Gasteiger partial charge in [0.1, 0.15) is 11.2 Å². The first kappa shape index (κ1) is 13.0. The Kier molecular flexibility index (Phi) is 2.69. The van der Waals surface area contributed by atoms with Crippen LogP contribution < -0.4 is 10.2 Å². The summed E-state index contributed by atoms with van der Waals surface area (Å²) >= 11 is 0. The molecule has 3 aromatic heterocycles. The normalized spacial score (nSPS) is 23.8. The average molecular weight is 310 g/mol. The van der Waals surface area contributed by atoms with Crippen LogP contribution in [0.2, 0.25) is 0 Å². The third-order valence-electron chi connectivity index (χ3n) is 4.92. The molecule has 5 rings (SSSR count). The smallest absolute Gasteiger partial charge is 0.228 e. The van der Waals surface area contributed by atoms with E-state index in [2.05, 4.69) is 30.3 Å². The van der Waals surface area contributed by atoms with Crippen LogP contribution in [-0.4, -0.2) is 55.9 Å². The van der Waals surface area contributed by atoms with Crippen LogP contribution >= 0.6 is 0 Å². The number of aromatic amines is 1. The maximum Gasteiger partial charge on any atom is 0.228 e. The highest BCUT2D eigenvalue weighted by Gasteiger charge is 2.37. The molecule has 8 nitrogen and oxygen atoms in total. The lowest BCUT2D eigenvalue weighted by Crippen LogP contribution is -2.27. The Morgan fingerprint density at radius 3 is 2.74 bits per heavy atom. The number of hydrogen-bond acceptors (Lipinski definition) is 6. The summed E-state index contributed by atoms with van der Waals surface area (Å²) < 4.78 is 1.78. The first-order valence-electron chi connectivity index (χ1n) is 7.94. The molecule has 8 heteroatoms. The van der Waals surface area contributed by atoms with E-state index >= 15 is 0 Å². The lowest BCUT2D eigenvalue weighted by atomic mass is 10.0. The van der Waals surface area contributed by atoms with E-state index in [4.69, 9.17) is 4.98 Å². The maximum atomic E-state index is 4.84. The van der Waals surface area contributed by atoms with Crippen molar-refractivity contribution in [2.75, 3.05) is 31.1 Å². The minimum Gasteiger partial charge on any atom is -0.341 e. The fourth-order valence-electron chi connectivity index (χ4n) is 3.73. The fourth-order valence-corrected chi connectivity index (χ4v) is 3.73. The Labute approximate surface area is 132 Å². The van der Waals surface area contributed by atoms with E-state index < -0.39 is 0 Å². The van der Waals surface area contributed by atoms with Gasteiger partial charge in [-0.2, -0.15) is 10.1 Å². The van der Waals surface area contributed by atoms with Gasteiger partial charge in [0, 0.05) is 45.0 Å². The number of fused-ring (bicyclic) bond motifs is 2. The number of H-pyrrole nitrogens is 1. The summed E-state index contributed by atoms with van der Waals surface area (Å²) in [7, 11) is 1.91. The molecule has 2 aliphatic rings. The van der Waals surface area contributed by atoms with Crippen LogP contribution in [0.1, 0.15) is 0 Å². The predicted molar refractivity (Wildman–Crippen MR) is 85.9 cm³/mol. The zero-order valence-corrected chi connectivity index (χ0v) is 12.9. The molecule has 0 spiro atoms. The molecule has 2 aliphatic heterocycles. The van der Waals surface area contributed by atoms with E-state index in [-0.39, 0.29) is 0 Å². The molecule has 2 N–H and O–H groups in total. The number of aromatic nitrogens is 6. The number of rotatable bonds is 2. The van der Waals surface area contributed by atoms with E-state index in [1.54, 1.807) is 11.0 Å². The summed E-state index contributed by atoms with van der Waals surface area (Å²) in [6.07, 6.45) is 5.47. The van der Waals surface area contributed by atoms with Crippen molar-refractivity contribution in [1.29, 1.82) is 0 Å². The summed E-state index contributed by atoms with van der Waals surface area (Å²) in [5.41, 5.74) is 3.42. The Balaban J connectivity index is 1.60. The van der Waals surface area contributed by atoms with Gasteiger partial charge in [0.15, 0.2) is 5.65 Å². The van der Waals surface area contributed by atoms with Crippen molar-refractivity contribution in [3.05, 3.63) is 18.7 Å². The number of hydrogen-bond donors (Lipinski definition) is 2. The molecule has 0 aliphatic carbocycles. The monoisotopic (exact) mass is 310 g/mol. The molecule has 2 saturated heterocycles. The Bertz CT molecular complexity index is 853. The Morgan fingerprint density at radius 1 is 1.17 bits per heavy atom. The molecule has 0 amide bonds. The van der Waals surface area contributed by atoms with Crippen LogP contribution in [-0.2, 0) is 7.05 Å². The highest BCUT2D eigenvalue weighted by molar-refractivity contribution is 5.87. The van der Waals surface area contributed by atoms with Crippen molar-refractivity contribution in [3.8, 4) is 11.3 Å². The van der Waals surface area contributed by atoms with Crippen molar-refractivity contribution >= 4 is 17.1 Å². The highest BCUT2D eigenvalue weighted by Crippen LogP contribution is 2.31. The fraction of sp³-hybridized carbons (Fsp3) is 0.467. The molecular formula is C15H18N8. The molecule has 0 saturated carbocycles.